The largest absolute Gasteiger partial charge is 0.462 e. The fourth-order valence-electron chi connectivity index (χ4n) is 2.93. The number of hydrogen-bond acceptors (Lipinski definition) is 4. The van der Waals surface area contributed by atoms with Gasteiger partial charge in [-0.05, 0) is 43.5 Å². The number of benzene rings is 1. The van der Waals surface area contributed by atoms with E-state index in [9.17, 15) is 14.4 Å². The van der Waals surface area contributed by atoms with Crippen LogP contribution >= 0.6 is 0 Å². The van der Waals surface area contributed by atoms with Crippen molar-refractivity contribution in [2.45, 2.75) is 46.1 Å². The van der Waals surface area contributed by atoms with Crippen LogP contribution in [0.25, 0.3) is 0 Å². The second-order valence-electron chi connectivity index (χ2n) is 7.07. The predicted octanol–water partition coefficient (Wildman–Crippen LogP) is 3.02. The van der Waals surface area contributed by atoms with Crippen molar-refractivity contribution < 1.29 is 19.1 Å². The van der Waals surface area contributed by atoms with Gasteiger partial charge in [0.15, 0.2) is 0 Å². The summed E-state index contributed by atoms with van der Waals surface area (Å²) in [5.41, 5.74) is 1.06. The van der Waals surface area contributed by atoms with Crippen LogP contribution in [-0.2, 0) is 9.53 Å². The number of rotatable bonds is 6. The van der Waals surface area contributed by atoms with Gasteiger partial charge in [-0.1, -0.05) is 20.8 Å². The summed E-state index contributed by atoms with van der Waals surface area (Å²) >= 11 is 0. The number of urea groups is 1. The Kier molecular flexibility index (Phi) is 7.64. The number of likely N-dealkylation sites (tertiary alicyclic amines) is 1. The van der Waals surface area contributed by atoms with Gasteiger partial charge >= 0.3 is 12.0 Å². The van der Waals surface area contributed by atoms with Gasteiger partial charge in [-0.15, -0.1) is 0 Å². The quantitative estimate of drug-likeness (QED) is 0.748. The van der Waals surface area contributed by atoms with Crippen LogP contribution in [0.3, 0.4) is 0 Å². The van der Waals surface area contributed by atoms with Gasteiger partial charge < -0.3 is 20.3 Å². The van der Waals surface area contributed by atoms with Crippen LogP contribution in [0.1, 0.15) is 50.4 Å². The minimum absolute atomic E-state index is 0.0000312. The number of esters is 1. The van der Waals surface area contributed by atoms with E-state index < -0.39 is 0 Å². The van der Waals surface area contributed by atoms with E-state index in [1.807, 2.05) is 25.7 Å². The van der Waals surface area contributed by atoms with E-state index in [0.717, 1.165) is 19.3 Å². The van der Waals surface area contributed by atoms with E-state index in [1.165, 1.54) is 0 Å². The van der Waals surface area contributed by atoms with Crippen molar-refractivity contribution in [3.8, 4) is 0 Å². The van der Waals surface area contributed by atoms with E-state index in [-0.39, 0.29) is 29.9 Å². The molecule has 27 heavy (non-hydrogen) atoms. The van der Waals surface area contributed by atoms with Crippen LogP contribution in [0.5, 0.6) is 0 Å². The zero-order valence-corrected chi connectivity index (χ0v) is 16.3. The van der Waals surface area contributed by atoms with Crippen molar-refractivity contribution in [3.05, 3.63) is 29.8 Å². The molecule has 0 aliphatic carbocycles. The van der Waals surface area contributed by atoms with Crippen molar-refractivity contribution in [3.63, 3.8) is 0 Å². The van der Waals surface area contributed by atoms with Crippen LogP contribution in [0.4, 0.5) is 10.5 Å². The summed E-state index contributed by atoms with van der Waals surface area (Å²) in [5, 5.41) is 5.71. The van der Waals surface area contributed by atoms with Crippen LogP contribution in [0.2, 0.25) is 0 Å². The maximum atomic E-state index is 12.2. The molecular formula is C20H29N3O4. The van der Waals surface area contributed by atoms with Crippen molar-refractivity contribution in [1.29, 1.82) is 0 Å². The third-order valence-corrected chi connectivity index (χ3v) is 4.45. The van der Waals surface area contributed by atoms with Crippen molar-refractivity contribution in [2.75, 3.05) is 25.0 Å². The molecule has 0 atom stereocenters. The van der Waals surface area contributed by atoms with E-state index in [4.69, 9.17) is 4.74 Å². The van der Waals surface area contributed by atoms with Crippen LogP contribution in [0, 0.1) is 5.92 Å². The molecule has 7 heteroatoms. The number of carbonyl (C=O) groups excluding carboxylic acids is 3. The first-order valence-corrected chi connectivity index (χ1v) is 9.54. The molecule has 3 amide bonds. The Labute approximate surface area is 160 Å². The van der Waals surface area contributed by atoms with E-state index in [1.54, 1.807) is 24.3 Å². The lowest BCUT2D eigenvalue weighted by molar-refractivity contribution is -0.135. The minimum atomic E-state index is -0.365. The first-order chi connectivity index (χ1) is 12.9. The Balaban J connectivity index is 1.78. The lowest BCUT2D eigenvalue weighted by atomic mass is 10.0. The number of anilines is 1. The van der Waals surface area contributed by atoms with Crippen molar-refractivity contribution in [1.82, 2.24) is 10.2 Å². The van der Waals surface area contributed by atoms with E-state index in [2.05, 4.69) is 10.6 Å². The molecule has 1 aliphatic heterocycles. The topological polar surface area (TPSA) is 87.7 Å². The molecule has 0 unspecified atom stereocenters. The Bertz CT molecular complexity index is 650. The molecular weight excluding hydrogens is 346 g/mol. The van der Waals surface area contributed by atoms with E-state index >= 15 is 0 Å². The number of hydrogen-bond donors (Lipinski definition) is 2. The fraction of sp³-hybridized carbons (Fsp3) is 0.550. The Morgan fingerprint density at radius 2 is 1.78 bits per heavy atom. The molecule has 1 saturated heterocycles. The molecule has 1 aliphatic rings. The maximum absolute atomic E-state index is 12.2. The van der Waals surface area contributed by atoms with Gasteiger partial charge in [-0.2, -0.15) is 0 Å². The number of amides is 3. The average Bonchev–Trinajstić information content (AvgIpc) is 2.66. The first kappa shape index (κ1) is 20.7. The zero-order chi connectivity index (χ0) is 19.8. The summed E-state index contributed by atoms with van der Waals surface area (Å²) in [6, 6.07) is 6.36. The van der Waals surface area contributed by atoms with Crippen LogP contribution < -0.4 is 10.6 Å². The molecule has 1 heterocycles. The molecule has 1 aromatic rings. The smallest absolute Gasteiger partial charge is 0.338 e. The number of carbonyl (C=O) groups is 3. The molecule has 0 saturated carbocycles. The lowest BCUT2D eigenvalue weighted by Gasteiger charge is -2.33. The highest BCUT2D eigenvalue weighted by Gasteiger charge is 2.25. The summed E-state index contributed by atoms with van der Waals surface area (Å²) in [6.45, 7) is 7.45. The number of ether oxygens (including phenoxy) is 1. The average molecular weight is 375 g/mol. The molecule has 0 radical (unpaired) electrons. The third kappa shape index (κ3) is 6.27. The predicted molar refractivity (Wildman–Crippen MR) is 104 cm³/mol. The normalized spacial score (nSPS) is 14.7. The summed E-state index contributed by atoms with van der Waals surface area (Å²) in [7, 11) is 0. The molecule has 0 aromatic heterocycles. The Hall–Kier alpha value is -2.57. The highest BCUT2D eigenvalue weighted by molar-refractivity contribution is 5.92. The molecule has 0 bridgehead atoms. The molecule has 1 aromatic carbocycles. The SMILES string of the molecule is CCCOC(=O)c1ccc(NC(=O)NC2CCN(C(=O)C(C)C)CC2)cc1. The van der Waals surface area contributed by atoms with Crippen LogP contribution in [-0.4, -0.2) is 48.5 Å². The molecule has 7 nitrogen and oxygen atoms in total. The monoisotopic (exact) mass is 375 g/mol. The summed E-state index contributed by atoms with van der Waals surface area (Å²) in [5.74, 6) is -0.203. The second kappa shape index (κ2) is 9.94. The van der Waals surface area contributed by atoms with Gasteiger partial charge in [0, 0.05) is 30.7 Å². The highest BCUT2D eigenvalue weighted by atomic mass is 16.5. The summed E-state index contributed by atoms with van der Waals surface area (Å²) < 4.78 is 5.07. The Morgan fingerprint density at radius 3 is 2.33 bits per heavy atom. The third-order valence-electron chi connectivity index (χ3n) is 4.45. The lowest BCUT2D eigenvalue weighted by Crippen LogP contribution is -2.48. The summed E-state index contributed by atoms with van der Waals surface area (Å²) in [4.78, 5) is 37.8. The van der Waals surface area contributed by atoms with Gasteiger partial charge in [0.25, 0.3) is 0 Å². The standard InChI is InChI=1S/C20H29N3O4/c1-4-13-27-19(25)15-5-7-16(8-6-15)21-20(26)22-17-9-11-23(12-10-17)18(24)14(2)3/h5-8,14,17H,4,9-13H2,1-3H3,(H2,21,22,26). The minimum Gasteiger partial charge on any atom is -0.462 e. The molecule has 148 valence electrons. The number of piperidine rings is 1. The van der Waals surface area contributed by atoms with Gasteiger partial charge in [0.2, 0.25) is 5.91 Å². The van der Waals surface area contributed by atoms with Crippen LogP contribution in [0.15, 0.2) is 24.3 Å². The molecule has 1 fully saturated rings. The Morgan fingerprint density at radius 1 is 1.15 bits per heavy atom. The van der Waals surface area contributed by atoms with Gasteiger partial charge in [-0.25, -0.2) is 9.59 Å². The van der Waals surface area contributed by atoms with Gasteiger partial charge in [0.1, 0.15) is 0 Å². The number of nitrogens with one attached hydrogen (secondary N) is 2. The first-order valence-electron chi connectivity index (χ1n) is 9.54. The molecule has 2 N–H and O–H groups in total. The van der Waals surface area contributed by atoms with Gasteiger partial charge in [-0.3, -0.25) is 4.79 Å². The molecule has 2 rings (SSSR count). The zero-order valence-electron chi connectivity index (χ0n) is 16.3. The second-order valence-corrected chi connectivity index (χ2v) is 7.07. The van der Waals surface area contributed by atoms with Crippen molar-refractivity contribution >= 4 is 23.6 Å². The molecule has 0 spiro atoms. The fourth-order valence-corrected chi connectivity index (χ4v) is 2.93. The highest BCUT2D eigenvalue weighted by Crippen LogP contribution is 2.14. The van der Waals surface area contributed by atoms with E-state index in [0.29, 0.717) is 30.9 Å². The van der Waals surface area contributed by atoms with Crippen molar-refractivity contribution in [2.24, 2.45) is 5.92 Å². The van der Waals surface area contributed by atoms with Gasteiger partial charge in [0.05, 0.1) is 12.2 Å². The maximum Gasteiger partial charge on any atom is 0.338 e. The summed E-state index contributed by atoms with van der Waals surface area (Å²) in [6.07, 6.45) is 2.26. The number of nitrogens with zero attached hydrogens (tertiary/aromatic N) is 1.